The molecule has 2 amide bonds. The van der Waals surface area contributed by atoms with Crippen molar-refractivity contribution < 1.29 is 14.0 Å². The van der Waals surface area contributed by atoms with Crippen molar-refractivity contribution in [2.45, 2.75) is 52.6 Å². The maximum atomic E-state index is 14.3. The number of anilines is 1. The smallest absolute Gasteiger partial charge is 0.328 e. The van der Waals surface area contributed by atoms with E-state index in [9.17, 15) is 18.8 Å². The van der Waals surface area contributed by atoms with E-state index in [0.717, 1.165) is 41.7 Å². The molecule has 0 spiro atoms. The summed E-state index contributed by atoms with van der Waals surface area (Å²) in [6, 6.07) is 10.6. The van der Waals surface area contributed by atoms with E-state index in [1.54, 1.807) is 34.2 Å². The highest BCUT2D eigenvalue weighted by Gasteiger charge is 2.23. The van der Waals surface area contributed by atoms with Gasteiger partial charge in [-0.15, -0.1) is 0 Å². The molecule has 0 bridgehead atoms. The zero-order valence-electron chi connectivity index (χ0n) is 23.0. The molecule has 0 saturated carbocycles. The van der Waals surface area contributed by atoms with Crippen LogP contribution in [0.15, 0.2) is 41.2 Å². The number of hydrogen-bond acceptors (Lipinski definition) is 4. The Morgan fingerprint density at radius 3 is 2.39 bits per heavy atom. The first-order valence-electron chi connectivity index (χ1n) is 13.3. The standard InChI is InChI=1S/C29H38FN5O3/c1-20(2)33-13-6-14-35(21(3)36)26-18-24(30)10-9-23(26)19-34(16-15-33)28(37)12-8-22-7-11-25-27(17-22)32(5)29(38)31(25)4/h7,9-11,17-18,20H,6,8,12-16,19H2,1-5H3. The maximum absolute atomic E-state index is 14.3. The Morgan fingerprint density at radius 1 is 0.947 bits per heavy atom. The Kier molecular flexibility index (Phi) is 8.35. The first-order chi connectivity index (χ1) is 18.1. The lowest BCUT2D eigenvalue weighted by Crippen LogP contribution is -2.41. The molecule has 2 heterocycles. The molecule has 3 aromatic rings. The van der Waals surface area contributed by atoms with E-state index in [0.29, 0.717) is 44.2 Å². The molecule has 1 aliphatic heterocycles. The maximum Gasteiger partial charge on any atom is 0.328 e. The second-order valence-electron chi connectivity index (χ2n) is 10.5. The lowest BCUT2D eigenvalue weighted by atomic mass is 10.1. The van der Waals surface area contributed by atoms with Gasteiger partial charge in [-0.05, 0) is 62.1 Å². The number of carbonyl (C=O) groups is 2. The fraction of sp³-hybridized carbons (Fsp3) is 0.483. The van der Waals surface area contributed by atoms with Gasteiger partial charge in [0.2, 0.25) is 11.8 Å². The molecule has 8 nitrogen and oxygen atoms in total. The largest absolute Gasteiger partial charge is 0.337 e. The number of imidazole rings is 1. The Morgan fingerprint density at radius 2 is 1.68 bits per heavy atom. The Bertz CT molecular complexity index is 1390. The molecular formula is C29H38FN5O3. The number of fused-ring (bicyclic) bond motifs is 2. The SMILES string of the molecule is CC(=O)N1CCCN(C(C)C)CCN(C(=O)CCc2ccc3c(c2)n(C)c(=O)n3C)Cc2ccc(F)cc21. The summed E-state index contributed by atoms with van der Waals surface area (Å²) >= 11 is 0. The minimum atomic E-state index is -0.405. The number of aromatic nitrogens is 2. The van der Waals surface area contributed by atoms with Gasteiger partial charge in [0.25, 0.3) is 0 Å². The number of aryl methyl sites for hydroxylation is 3. The number of rotatable bonds is 4. The van der Waals surface area contributed by atoms with Gasteiger partial charge in [0.05, 0.1) is 16.7 Å². The Balaban J connectivity index is 1.60. The van der Waals surface area contributed by atoms with E-state index >= 15 is 0 Å². The highest BCUT2D eigenvalue weighted by Crippen LogP contribution is 2.26. The van der Waals surface area contributed by atoms with E-state index in [4.69, 9.17) is 0 Å². The van der Waals surface area contributed by atoms with Crippen LogP contribution in [0.1, 0.15) is 44.7 Å². The zero-order chi connectivity index (χ0) is 27.6. The molecule has 0 radical (unpaired) electrons. The van der Waals surface area contributed by atoms with Crippen LogP contribution >= 0.6 is 0 Å². The van der Waals surface area contributed by atoms with E-state index in [2.05, 4.69) is 18.7 Å². The number of carbonyl (C=O) groups excluding carboxylic acids is 2. The first-order valence-corrected chi connectivity index (χ1v) is 13.3. The van der Waals surface area contributed by atoms with Crippen molar-refractivity contribution in [2.24, 2.45) is 14.1 Å². The van der Waals surface area contributed by atoms with Gasteiger partial charge in [-0.25, -0.2) is 9.18 Å². The molecule has 204 valence electrons. The first kappa shape index (κ1) is 27.6. The van der Waals surface area contributed by atoms with Crippen LogP contribution in [0.5, 0.6) is 0 Å². The van der Waals surface area contributed by atoms with Crippen LogP contribution in [-0.2, 0) is 36.6 Å². The summed E-state index contributed by atoms with van der Waals surface area (Å²) in [7, 11) is 3.50. The molecule has 0 atom stereocenters. The van der Waals surface area contributed by atoms with Crippen LogP contribution in [0.2, 0.25) is 0 Å². The van der Waals surface area contributed by atoms with E-state index in [1.807, 2.05) is 23.1 Å². The van der Waals surface area contributed by atoms with E-state index in [-0.39, 0.29) is 17.5 Å². The van der Waals surface area contributed by atoms with Gasteiger partial charge in [0.15, 0.2) is 0 Å². The molecule has 0 aliphatic carbocycles. The van der Waals surface area contributed by atoms with Crippen molar-refractivity contribution >= 4 is 28.5 Å². The molecule has 0 fully saturated rings. The van der Waals surface area contributed by atoms with Gasteiger partial charge in [-0.3, -0.25) is 23.6 Å². The second kappa shape index (κ2) is 11.5. The van der Waals surface area contributed by atoms with Gasteiger partial charge in [0, 0.05) is 66.2 Å². The molecule has 2 aromatic carbocycles. The number of halogens is 1. The zero-order valence-corrected chi connectivity index (χ0v) is 23.0. The van der Waals surface area contributed by atoms with Crippen molar-refractivity contribution in [3.05, 3.63) is 63.8 Å². The van der Waals surface area contributed by atoms with Crippen molar-refractivity contribution in [3.63, 3.8) is 0 Å². The minimum absolute atomic E-state index is 0.000324. The third-order valence-corrected chi connectivity index (χ3v) is 7.61. The average Bonchev–Trinajstić information content (AvgIpc) is 3.07. The van der Waals surface area contributed by atoms with Crippen molar-refractivity contribution in [1.29, 1.82) is 0 Å². The fourth-order valence-corrected chi connectivity index (χ4v) is 5.29. The lowest BCUT2D eigenvalue weighted by molar-refractivity contribution is -0.132. The van der Waals surface area contributed by atoms with Crippen LogP contribution in [0, 0.1) is 5.82 Å². The summed E-state index contributed by atoms with van der Waals surface area (Å²) in [5.41, 5.74) is 3.88. The van der Waals surface area contributed by atoms with Gasteiger partial charge in [-0.2, -0.15) is 0 Å². The van der Waals surface area contributed by atoms with Gasteiger partial charge >= 0.3 is 5.69 Å². The summed E-state index contributed by atoms with van der Waals surface area (Å²) in [5, 5.41) is 0. The molecule has 9 heteroatoms. The number of nitrogens with zero attached hydrogens (tertiary/aromatic N) is 5. The van der Waals surface area contributed by atoms with E-state index in [1.165, 1.54) is 19.1 Å². The predicted octanol–water partition coefficient (Wildman–Crippen LogP) is 3.44. The molecule has 1 aliphatic rings. The Labute approximate surface area is 223 Å². The van der Waals surface area contributed by atoms with Crippen LogP contribution < -0.4 is 10.6 Å². The summed E-state index contributed by atoms with van der Waals surface area (Å²) in [4.78, 5) is 44.2. The number of amides is 2. The van der Waals surface area contributed by atoms with Crippen LogP contribution in [0.25, 0.3) is 11.0 Å². The van der Waals surface area contributed by atoms with Crippen molar-refractivity contribution in [2.75, 3.05) is 31.1 Å². The highest BCUT2D eigenvalue weighted by atomic mass is 19.1. The van der Waals surface area contributed by atoms with Crippen molar-refractivity contribution in [3.8, 4) is 0 Å². The van der Waals surface area contributed by atoms with E-state index < -0.39 is 5.82 Å². The highest BCUT2D eigenvalue weighted by molar-refractivity contribution is 5.92. The monoisotopic (exact) mass is 523 g/mol. The summed E-state index contributed by atoms with van der Waals surface area (Å²) in [6.07, 6.45) is 1.60. The minimum Gasteiger partial charge on any atom is -0.337 e. The van der Waals surface area contributed by atoms with Gasteiger partial charge in [0.1, 0.15) is 5.82 Å². The molecule has 0 unspecified atom stereocenters. The molecule has 0 N–H and O–H groups in total. The van der Waals surface area contributed by atoms with Gasteiger partial charge in [-0.1, -0.05) is 12.1 Å². The van der Waals surface area contributed by atoms with Crippen LogP contribution in [-0.4, -0.2) is 63.0 Å². The Hall–Kier alpha value is -3.46. The third-order valence-electron chi connectivity index (χ3n) is 7.61. The molecule has 0 saturated heterocycles. The third kappa shape index (κ3) is 5.83. The van der Waals surface area contributed by atoms with Gasteiger partial charge < -0.3 is 9.80 Å². The number of hydrogen-bond donors (Lipinski definition) is 0. The molecular weight excluding hydrogens is 485 g/mol. The summed E-state index contributed by atoms with van der Waals surface area (Å²) in [5.74, 6) is -0.548. The summed E-state index contributed by atoms with van der Waals surface area (Å²) in [6.45, 7) is 8.60. The number of benzene rings is 2. The lowest BCUT2D eigenvalue weighted by Gasteiger charge is -2.30. The molecule has 4 rings (SSSR count). The topological polar surface area (TPSA) is 70.8 Å². The van der Waals surface area contributed by atoms with Crippen LogP contribution in [0.4, 0.5) is 10.1 Å². The molecule has 1 aromatic heterocycles. The normalized spacial score (nSPS) is 15.6. The quantitative estimate of drug-likeness (QED) is 0.525. The van der Waals surface area contributed by atoms with Crippen LogP contribution in [0.3, 0.4) is 0 Å². The second-order valence-corrected chi connectivity index (χ2v) is 10.5. The predicted molar refractivity (Wildman–Crippen MR) is 148 cm³/mol. The fourth-order valence-electron chi connectivity index (χ4n) is 5.29. The molecule has 38 heavy (non-hydrogen) atoms. The summed E-state index contributed by atoms with van der Waals surface area (Å²) < 4.78 is 17.5. The average molecular weight is 524 g/mol. The van der Waals surface area contributed by atoms with Crippen molar-refractivity contribution in [1.82, 2.24) is 18.9 Å².